The van der Waals surface area contributed by atoms with Gasteiger partial charge in [-0.05, 0) is 63.4 Å². The highest BCUT2D eigenvalue weighted by molar-refractivity contribution is 5.85. The van der Waals surface area contributed by atoms with Crippen LogP contribution in [0.4, 0.5) is 0 Å². The van der Waals surface area contributed by atoms with E-state index in [-0.39, 0.29) is 18.4 Å². The monoisotopic (exact) mass is 556 g/mol. The molecule has 7 heteroatoms. The minimum absolute atomic E-state index is 0.0432. The SMILES string of the molecule is CCCCCCCCCCCC(=O)N(CC(=O)N(CCc1ccc(OC)c(OC)c1)Cc1ccco1)C(C)(C)C. The Morgan fingerprint density at radius 2 is 1.50 bits per heavy atom. The van der Waals surface area contributed by atoms with Crippen molar-refractivity contribution >= 4 is 11.8 Å². The third-order valence-corrected chi connectivity index (χ3v) is 7.30. The summed E-state index contributed by atoms with van der Waals surface area (Å²) in [5.41, 5.74) is 0.579. The van der Waals surface area contributed by atoms with Crippen molar-refractivity contribution in [1.82, 2.24) is 9.80 Å². The van der Waals surface area contributed by atoms with Crippen LogP contribution >= 0.6 is 0 Å². The van der Waals surface area contributed by atoms with E-state index in [1.54, 1.807) is 30.3 Å². The maximum atomic E-state index is 13.6. The quantitative estimate of drug-likeness (QED) is 0.168. The molecule has 2 rings (SSSR count). The van der Waals surface area contributed by atoms with Crippen LogP contribution in [0.25, 0.3) is 0 Å². The highest BCUT2D eigenvalue weighted by Crippen LogP contribution is 2.28. The number of carbonyl (C=O) groups excluding carboxylic acids is 2. The molecule has 1 aromatic heterocycles. The molecule has 0 fully saturated rings. The van der Waals surface area contributed by atoms with Crippen LogP contribution in [0.15, 0.2) is 41.0 Å². The van der Waals surface area contributed by atoms with Gasteiger partial charge in [0.15, 0.2) is 11.5 Å². The third kappa shape index (κ3) is 11.6. The van der Waals surface area contributed by atoms with Gasteiger partial charge in [0.2, 0.25) is 11.8 Å². The van der Waals surface area contributed by atoms with Gasteiger partial charge in [-0.2, -0.15) is 0 Å². The molecule has 0 aliphatic heterocycles. The molecular weight excluding hydrogens is 504 g/mol. The molecule has 0 bridgehead atoms. The fraction of sp³-hybridized carbons (Fsp3) is 0.636. The summed E-state index contributed by atoms with van der Waals surface area (Å²) in [7, 11) is 3.22. The second kappa shape index (κ2) is 17.7. The van der Waals surface area contributed by atoms with E-state index < -0.39 is 5.54 Å². The number of nitrogens with zero attached hydrogens (tertiary/aromatic N) is 2. The number of methoxy groups -OCH3 is 2. The van der Waals surface area contributed by atoms with Gasteiger partial charge < -0.3 is 23.7 Å². The number of ether oxygens (including phenoxy) is 2. The van der Waals surface area contributed by atoms with Crippen molar-refractivity contribution in [3.8, 4) is 11.5 Å². The van der Waals surface area contributed by atoms with Crippen molar-refractivity contribution in [2.24, 2.45) is 0 Å². The number of benzene rings is 1. The highest BCUT2D eigenvalue weighted by atomic mass is 16.5. The smallest absolute Gasteiger partial charge is 0.242 e. The Morgan fingerprint density at radius 1 is 0.850 bits per heavy atom. The number of amides is 2. The van der Waals surface area contributed by atoms with E-state index in [1.165, 1.54) is 44.9 Å². The first kappa shape index (κ1) is 33.2. The highest BCUT2D eigenvalue weighted by Gasteiger charge is 2.30. The van der Waals surface area contributed by atoms with Crippen molar-refractivity contribution in [2.45, 2.75) is 110 Å². The Bertz CT molecular complexity index is 997. The molecule has 0 saturated heterocycles. The molecule has 40 heavy (non-hydrogen) atoms. The zero-order chi connectivity index (χ0) is 29.4. The molecule has 0 unspecified atom stereocenters. The molecule has 0 saturated carbocycles. The lowest BCUT2D eigenvalue weighted by Crippen LogP contribution is -2.51. The van der Waals surface area contributed by atoms with Crippen molar-refractivity contribution in [3.05, 3.63) is 47.9 Å². The van der Waals surface area contributed by atoms with Gasteiger partial charge in [-0.1, -0.05) is 64.4 Å². The Kier molecular flexibility index (Phi) is 14.7. The molecule has 7 nitrogen and oxygen atoms in total. The van der Waals surface area contributed by atoms with Crippen LogP contribution in [0.2, 0.25) is 0 Å². The van der Waals surface area contributed by atoms with E-state index >= 15 is 0 Å². The first-order chi connectivity index (χ1) is 19.2. The van der Waals surface area contributed by atoms with Crippen LogP contribution in [0, 0.1) is 0 Å². The van der Waals surface area contributed by atoms with E-state index in [0.717, 1.165) is 18.4 Å². The fourth-order valence-corrected chi connectivity index (χ4v) is 4.84. The van der Waals surface area contributed by atoms with Crippen molar-refractivity contribution in [3.63, 3.8) is 0 Å². The van der Waals surface area contributed by atoms with E-state index in [4.69, 9.17) is 13.9 Å². The Morgan fingerprint density at radius 3 is 2.08 bits per heavy atom. The van der Waals surface area contributed by atoms with Gasteiger partial charge in [-0.15, -0.1) is 0 Å². The second-order valence-corrected chi connectivity index (χ2v) is 11.6. The number of carbonyl (C=O) groups is 2. The summed E-state index contributed by atoms with van der Waals surface area (Å²) in [6.45, 7) is 9.11. The number of furan rings is 1. The molecule has 0 N–H and O–H groups in total. The minimum Gasteiger partial charge on any atom is -0.493 e. The van der Waals surface area contributed by atoms with E-state index in [1.807, 2.05) is 51.1 Å². The summed E-state index contributed by atoms with van der Waals surface area (Å²) in [6.07, 6.45) is 13.6. The molecule has 224 valence electrons. The zero-order valence-corrected chi connectivity index (χ0v) is 25.8. The molecule has 1 heterocycles. The molecule has 1 aromatic carbocycles. The Balaban J connectivity index is 1.98. The number of unbranched alkanes of at least 4 members (excludes halogenated alkanes) is 8. The van der Waals surface area contributed by atoms with Crippen LogP contribution in [0.1, 0.15) is 103 Å². The maximum Gasteiger partial charge on any atom is 0.242 e. The zero-order valence-electron chi connectivity index (χ0n) is 25.8. The van der Waals surface area contributed by atoms with Gasteiger partial charge in [0, 0.05) is 18.5 Å². The topological polar surface area (TPSA) is 72.2 Å². The summed E-state index contributed by atoms with van der Waals surface area (Å²) in [5.74, 6) is 1.99. The lowest BCUT2D eigenvalue weighted by Gasteiger charge is -2.37. The van der Waals surface area contributed by atoms with Crippen LogP contribution < -0.4 is 9.47 Å². The average molecular weight is 557 g/mol. The third-order valence-electron chi connectivity index (χ3n) is 7.30. The Labute approximate surface area is 242 Å². The normalized spacial score (nSPS) is 11.3. The first-order valence-corrected chi connectivity index (χ1v) is 15.0. The van der Waals surface area contributed by atoms with Crippen molar-refractivity contribution in [2.75, 3.05) is 27.3 Å². The molecule has 2 amide bonds. The lowest BCUT2D eigenvalue weighted by molar-refractivity contribution is -0.145. The largest absolute Gasteiger partial charge is 0.493 e. The summed E-state index contributed by atoms with van der Waals surface area (Å²) in [5, 5.41) is 0. The van der Waals surface area contributed by atoms with Gasteiger partial charge in [-0.25, -0.2) is 0 Å². The first-order valence-electron chi connectivity index (χ1n) is 15.0. The van der Waals surface area contributed by atoms with Gasteiger partial charge in [0.05, 0.1) is 27.0 Å². The van der Waals surface area contributed by atoms with Crippen molar-refractivity contribution in [1.29, 1.82) is 0 Å². The summed E-state index contributed by atoms with van der Waals surface area (Å²) < 4.78 is 16.3. The van der Waals surface area contributed by atoms with Gasteiger partial charge in [0.25, 0.3) is 0 Å². The maximum absolute atomic E-state index is 13.6. The van der Waals surface area contributed by atoms with Crippen LogP contribution in [0.5, 0.6) is 11.5 Å². The van der Waals surface area contributed by atoms with Crippen LogP contribution in [-0.4, -0.2) is 54.5 Å². The minimum atomic E-state index is -0.453. The predicted octanol–water partition coefficient (Wildman–Crippen LogP) is 7.42. The average Bonchev–Trinajstić information content (AvgIpc) is 3.45. The summed E-state index contributed by atoms with van der Waals surface area (Å²) in [6, 6.07) is 9.48. The van der Waals surface area contributed by atoms with E-state index in [2.05, 4.69) is 6.92 Å². The van der Waals surface area contributed by atoms with Gasteiger partial charge in [-0.3, -0.25) is 9.59 Å². The number of hydrogen-bond acceptors (Lipinski definition) is 5. The standard InChI is InChI=1S/C33H52N2O5/c1-7-8-9-10-11-12-13-14-15-18-31(36)35(33(2,3)4)26-32(37)34(25-28-17-16-23-40-28)22-21-27-19-20-29(38-5)30(24-27)39-6/h16-17,19-20,23-24H,7-15,18,21-22,25-26H2,1-6H3. The molecule has 2 aromatic rings. The Hall–Kier alpha value is -2.96. The predicted molar refractivity (Wildman–Crippen MR) is 161 cm³/mol. The molecule has 0 atom stereocenters. The molecule has 0 radical (unpaired) electrons. The molecule has 0 spiro atoms. The van der Waals surface area contributed by atoms with E-state index in [0.29, 0.717) is 43.2 Å². The second-order valence-electron chi connectivity index (χ2n) is 11.6. The fourth-order valence-electron chi connectivity index (χ4n) is 4.84. The van der Waals surface area contributed by atoms with E-state index in [9.17, 15) is 9.59 Å². The van der Waals surface area contributed by atoms with Gasteiger partial charge >= 0.3 is 0 Å². The number of rotatable bonds is 19. The van der Waals surface area contributed by atoms with Crippen LogP contribution in [0.3, 0.4) is 0 Å². The molecule has 0 aliphatic carbocycles. The van der Waals surface area contributed by atoms with Crippen molar-refractivity contribution < 1.29 is 23.5 Å². The molecular formula is C33H52N2O5. The lowest BCUT2D eigenvalue weighted by atomic mass is 10.0. The summed E-state index contributed by atoms with van der Waals surface area (Å²) in [4.78, 5) is 30.5. The van der Waals surface area contributed by atoms with Crippen LogP contribution in [-0.2, 0) is 22.6 Å². The summed E-state index contributed by atoms with van der Waals surface area (Å²) >= 11 is 0. The number of hydrogen-bond donors (Lipinski definition) is 0. The molecule has 0 aliphatic rings. The van der Waals surface area contributed by atoms with Gasteiger partial charge in [0.1, 0.15) is 12.3 Å².